The summed E-state index contributed by atoms with van der Waals surface area (Å²) >= 11 is 0. The first-order chi connectivity index (χ1) is 6.63. The molecule has 0 saturated heterocycles. The molecule has 0 fully saturated rings. The molecule has 1 aromatic carbocycles. The molecule has 14 heavy (non-hydrogen) atoms. The molecule has 0 saturated carbocycles. The second-order valence-electron chi connectivity index (χ2n) is 3.41. The van der Waals surface area contributed by atoms with E-state index in [0.29, 0.717) is 5.56 Å². The number of halogens is 1. The standard InChI is InChI=1S/C11H15FO2/c1-8(2)14-10-5-3-9(4-6-10)11(13)7-12/h3-6,8,11,13H,7H2,1-2H3. The molecule has 2 nitrogen and oxygen atoms in total. The van der Waals surface area contributed by atoms with Gasteiger partial charge in [-0.15, -0.1) is 0 Å². The molecule has 0 radical (unpaired) electrons. The Hall–Kier alpha value is -1.09. The Morgan fingerprint density at radius 3 is 2.29 bits per heavy atom. The topological polar surface area (TPSA) is 29.5 Å². The molecular formula is C11H15FO2. The van der Waals surface area contributed by atoms with Crippen LogP contribution >= 0.6 is 0 Å². The van der Waals surface area contributed by atoms with E-state index in [0.717, 1.165) is 5.75 Å². The molecule has 0 heterocycles. The number of alkyl halides is 1. The van der Waals surface area contributed by atoms with E-state index in [1.54, 1.807) is 24.3 Å². The molecule has 0 bridgehead atoms. The van der Waals surface area contributed by atoms with Gasteiger partial charge in [0.15, 0.2) is 0 Å². The van der Waals surface area contributed by atoms with Crippen molar-refractivity contribution >= 4 is 0 Å². The lowest BCUT2D eigenvalue weighted by molar-refractivity contribution is 0.141. The van der Waals surface area contributed by atoms with Crippen molar-refractivity contribution in [1.82, 2.24) is 0 Å². The summed E-state index contributed by atoms with van der Waals surface area (Å²) in [4.78, 5) is 0. The zero-order valence-electron chi connectivity index (χ0n) is 8.40. The van der Waals surface area contributed by atoms with Gasteiger partial charge in [-0.25, -0.2) is 4.39 Å². The number of rotatable bonds is 4. The quantitative estimate of drug-likeness (QED) is 0.805. The maximum atomic E-state index is 12.1. The van der Waals surface area contributed by atoms with Gasteiger partial charge >= 0.3 is 0 Å². The van der Waals surface area contributed by atoms with Crippen LogP contribution in [0.25, 0.3) is 0 Å². The van der Waals surface area contributed by atoms with Crippen molar-refractivity contribution < 1.29 is 14.2 Å². The Morgan fingerprint density at radius 2 is 1.86 bits per heavy atom. The van der Waals surface area contributed by atoms with E-state index in [9.17, 15) is 9.50 Å². The molecule has 1 rings (SSSR count). The fourth-order valence-corrected chi connectivity index (χ4v) is 1.13. The monoisotopic (exact) mass is 198 g/mol. The van der Waals surface area contributed by atoms with Gasteiger partial charge in [0.1, 0.15) is 18.5 Å². The minimum Gasteiger partial charge on any atom is -0.491 e. The van der Waals surface area contributed by atoms with E-state index in [-0.39, 0.29) is 6.10 Å². The molecule has 0 aliphatic rings. The maximum absolute atomic E-state index is 12.1. The summed E-state index contributed by atoms with van der Waals surface area (Å²) in [5.74, 6) is 0.731. The van der Waals surface area contributed by atoms with Crippen LogP contribution in [0.1, 0.15) is 25.5 Å². The Kier molecular flexibility index (Phi) is 3.89. The van der Waals surface area contributed by atoms with Gasteiger partial charge in [-0.1, -0.05) is 12.1 Å². The smallest absolute Gasteiger partial charge is 0.119 e. The highest BCUT2D eigenvalue weighted by molar-refractivity contribution is 5.28. The zero-order chi connectivity index (χ0) is 10.6. The summed E-state index contributed by atoms with van der Waals surface area (Å²) in [7, 11) is 0. The predicted octanol–water partition coefficient (Wildman–Crippen LogP) is 2.48. The summed E-state index contributed by atoms with van der Waals surface area (Å²) in [5.41, 5.74) is 0.573. The minimum absolute atomic E-state index is 0.118. The van der Waals surface area contributed by atoms with Crippen LogP contribution in [0, 0.1) is 0 Å². The van der Waals surface area contributed by atoms with Crippen LogP contribution in [0.4, 0.5) is 4.39 Å². The van der Waals surface area contributed by atoms with Gasteiger partial charge in [0, 0.05) is 0 Å². The number of ether oxygens (including phenoxy) is 1. The van der Waals surface area contributed by atoms with E-state index in [1.165, 1.54) is 0 Å². The van der Waals surface area contributed by atoms with Crippen molar-refractivity contribution in [3.63, 3.8) is 0 Å². The zero-order valence-corrected chi connectivity index (χ0v) is 8.40. The molecule has 78 valence electrons. The van der Waals surface area contributed by atoms with E-state index < -0.39 is 12.8 Å². The average molecular weight is 198 g/mol. The van der Waals surface area contributed by atoms with Gasteiger partial charge in [-0.05, 0) is 31.5 Å². The largest absolute Gasteiger partial charge is 0.491 e. The van der Waals surface area contributed by atoms with Crippen molar-refractivity contribution in [3.05, 3.63) is 29.8 Å². The summed E-state index contributed by atoms with van der Waals surface area (Å²) in [6.07, 6.45) is -0.907. The molecule has 1 atom stereocenters. The summed E-state index contributed by atoms with van der Waals surface area (Å²) in [6.45, 7) is 3.11. The van der Waals surface area contributed by atoms with E-state index in [2.05, 4.69) is 0 Å². The predicted molar refractivity (Wildman–Crippen MR) is 53.1 cm³/mol. The van der Waals surface area contributed by atoms with Gasteiger partial charge in [0.05, 0.1) is 6.10 Å². The van der Waals surface area contributed by atoms with Gasteiger partial charge in [0.25, 0.3) is 0 Å². The molecule has 1 aromatic rings. The Bertz CT molecular complexity index is 269. The first kappa shape index (κ1) is 11.0. The van der Waals surface area contributed by atoms with Crippen LogP contribution in [0.15, 0.2) is 24.3 Å². The summed E-state index contributed by atoms with van der Waals surface area (Å²) in [5, 5.41) is 9.19. The molecule has 0 amide bonds. The Balaban J connectivity index is 2.68. The Morgan fingerprint density at radius 1 is 1.29 bits per heavy atom. The Labute approximate surface area is 83.3 Å². The summed E-state index contributed by atoms with van der Waals surface area (Å²) < 4.78 is 17.5. The van der Waals surface area contributed by atoms with Gasteiger partial charge < -0.3 is 9.84 Å². The number of benzene rings is 1. The maximum Gasteiger partial charge on any atom is 0.119 e. The SMILES string of the molecule is CC(C)Oc1ccc(C(O)CF)cc1. The number of hydrogen-bond acceptors (Lipinski definition) is 2. The second-order valence-corrected chi connectivity index (χ2v) is 3.41. The number of hydrogen-bond donors (Lipinski definition) is 1. The van der Waals surface area contributed by atoms with Crippen LogP contribution in [-0.4, -0.2) is 17.9 Å². The fourth-order valence-electron chi connectivity index (χ4n) is 1.13. The van der Waals surface area contributed by atoms with Crippen molar-refractivity contribution in [3.8, 4) is 5.75 Å². The first-order valence-electron chi connectivity index (χ1n) is 4.64. The van der Waals surface area contributed by atoms with Crippen LogP contribution in [0.2, 0.25) is 0 Å². The van der Waals surface area contributed by atoms with Crippen molar-refractivity contribution in [1.29, 1.82) is 0 Å². The minimum atomic E-state index is -1.02. The third-order valence-electron chi connectivity index (χ3n) is 1.78. The van der Waals surface area contributed by atoms with Crippen molar-refractivity contribution in [2.75, 3.05) is 6.67 Å². The van der Waals surface area contributed by atoms with Gasteiger partial charge in [-0.3, -0.25) is 0 Å². The van der Waals surface area contributed by atoms with Crippen molar-refractivity contribution in [2.24, 2.45) is 0 Å². The van der Waals surface area contributed by atoms with Crippen LogP contribution in [-0.2, 0) is 0 Å². The molecule has 1 unspecified atom stereocenters. The summed E-state index contributed by atoms with van der Waals surface area (Å²) in [6, 6.07) is 6.80. The van der Waals surface area contributed by atoms with E-state index in [1.807, 2.05) is 13.8 Å². The van der Waals surface area contributed by atoms with Gasteiger partial charge in [-0.2, -0.15) is 0 Å². The average Bonchev–Trinajstić information content (AvgIpc) is 2.17. The lowest BCUT2D eigenvalue weighted by Crippen LogP contribution is -2.05. The van der Waals surface area contributed by atoms with Gasteiger partial charge in [0.2, 0.25) is 0 Å². The lowest BCUT2D eigenvalue weighted by Gasteiger charge is -2.11. The second kappa shape index (κ2) is 4.96. The fraction of sp³-hybridized carbons (Fsp3) is 0.455. The lowest BCUT2D eigenvalue weighted by atomic mass is 10.1. The van der Waals surface area contributed by atoms with Crippen LogP contribution in [0.3, 0.4) is 0 Å². The highest BCUT2D eigenvalue weighted by atomic mass is 19.1. The molecule has 3 heteroatoms. The van der Waals surface area contributed by atoms with Crippen molar-refractivity contribution in [2.45, 2.75) is 26.1 Å². The van der Waals surface area contributed by atoms with Crippen LogP contribution in [0.5, 0.6) is 5.75 Å². The molecule has 0 aromatic heterocycles. The third-order valence-corrected chi connectivity index (χ3v) is 1.78. The van der Waals surface area contributed by atoms with E-state index >= 15 is 0 Å². The molecule has 1 N–H and O–H groups in total. The molecular weight excluding hydrogens is 183 g/mol. The normalized spacial score (nSPS) is 12.9. The number of aliphatic hydroxyl groups excluding tert-OH is 1. The molecule has 0 aliphatic carbocycles. The molecule has 0 aliphatic heterocycles. The van der Waals surface area contributed by atoms with Crippen LogP contribution < -0.4 is 4.74 Å². The first-order valence-corrected chi connectivity index (χ1v) is 4.64. The number of aliphatic hydroxyl groups is 1. The molecule has 0 spiro atoms. The third kappa shape index (κ3) is 3.00. The van der Waals surface area contributed by atoms with E-state index in [4.69, 9.17) is 4.74 Å². The highest BCUT2D eigenvalue weighted by Gasteiger charge is 2.06. The highest BCUT2D eigenvalue weighted by Crippen LogP contribution is 2.18.